The highest BCUT2D eigenvalue weighted by Crippen LogP contribution is 2.30. The van der Waals surface area contributed by atoms with Crippen LogP contribution < -0.4 is 0 Å². The van der Waals surface area contributed by atoms with Gasteiger partial charge in [-0.25, -0.2) is 0 Å². The van der Waals surface area contributed by atoms with E-state index in [1.807, 2.05) is 0 Å². The predicted octanol–water partition coefficient (Wildman–Crippen LogP) is 0.984. The van der Waals surface area contributed by atoms with E-state index in [2.05, 4.69) is 0 Å². The molecule has 0 spiro atoms. The first-order chi connectivity index (χ1) is 6.04. The van der Waals surface area contributed by atoms with Gasteiger partial charge in [-0.2, -0.15) is 0 Å². The van der Waals surface area contributed by atoms with E-state index in [-0.39, 0.29) is 5.92 Å². The molecule has 0 aromatic carbocycles. The number of carboxylic acid groups (broad SMARTS) is 2. The maximum atomic E-state index is 10.8. The predicted molar refractivity (Wildman–Crippen MR) is 45.2 cm³/mol. The maximum Gasteiger partial charge on any atom is 0.307 e. The van der Waals surface area contributed by atoms with E-state index in [0.29, 0.717) is 6.42 Å². The van der Waals surface area contributed by atoms with Crippen LogP contribution in [0.1, 0.15) is 13.3 Å². The molecule has 0 radical (unpaired) electrons. The number of carbonyl (C=O) groups is 2. The summed E-state index contributed by atoms with van der Waals surface area (Å²) in [4.78, 5) is 21.5. The smallest absolute Gasteiger partial charge is 0.307 e. The molecular weight excluding hydrogens is 172 g/mol. The molecule has 0 aromatic heterocycles. The summed E-state index contributed by atoms with van der Waals surface area (Å²) >= 11 is 0. The fourth-order valence-electron chi connectivity index (χ4n) is 1.72. The van der Waals surface area contributed by atoms with Crippen LogP contribution in [-0.2, 0) is 9.59 Å². The average Bonchev–Trinajstić information content (AvgIpc) is 2.02. The van der Waals surface area contributed by atoms with Crippen molar-refractivity contribution in [3.8, 4) is 0 Å². The molecule has 0 unspecified atom stereocenters. The Kier molecular flexibility index (Phi) is 2.70. The van der Waals surface area contributed by atoms with Gasteiger partial charge in [-0.05, 0) is 12.3 Å². The zero-order chi connectivity index (χ0) is 10.0. The van der Waals surface area contributed by atoms with Crippen LogP contribution in [0.15, 0.2) is 12.2 Å². The molecule has 0 fully saturated rings. The van der Waals surface area contributed by atoms with Crippen molar-refractivity contribution in [2.24, 2.45) is 17.8 Å². The molecule has 0 bridgehead atoms. The lowest BCUT2D eigenvalue weighted by atomic mass is 9.77. The van der Waals surface area contributed by atoms with Crippen molar-refractivity contribution in [2.75, 3.05) is 0 Å². The summed E-state index contributed by atoms with van der Waals surface area (Å²) in [5.41, 5.74) is 0. The third-order valence-electron chi connectivity index (χ3n) is 2.43. The van der Waals surface area contributed by atoms with Gasteiger partial charge in [0, 0.05) is 0 Å². The van der Waals surface area contributed by atoms with E-state index in [1.165, 1.54) is 0 Å². The molecular formula is C9H12O4. The zero-order valence-corrected chi connectivity index (χ0v) is 7.30. The Bertz CT molecular complexity index is 256. The molecule has 1 rings (SSSR count). The Morgan fingerprint density at radius 2 is 1.92 bits per heavy atom. The second-order valence-corrected chi connectivity index (χ2v) is 3.33. The van der Waals surface area contributed by atoms with Gasteiger partial charge < -0.3 is 10.2 Å². The largest absolute Gasteiger partial charge is 0.481 e. The Labute approximate surface area is 75.9 Å². The molecule has 1 aliphatic rings. The summed E-state index contributed by atoms with van der Waals surface area (Å²) < 4.78 is 0. The van der Waals surface area contributed by atoms with Crippen LogP contribution in [0.2, 0.25) is 0 Å². The quantitative estimate of drug-likeness (QED) is 0.627. The van der Waals surface area contributed by atoms with Gasteiger partial charge in [-0.1, -0.05) is 19.1 Å². The monoisotopic (exact) mass is 184 g/mol. The van der Waals surface area contributed by atoms with Crippen molar-refractivity contribution in [3.05, 3.63) is 12.2 Å². The van der Waals surface area contributed by atoms with Crippen LogP contribution in [0.25, 0.3) is 0 Å². The van der Waals surface area contributed by atoms with Crippen molar-refractivity contribution < 1.29 is 19.8 Å². The van der Waals surface area contributed by atoms with Crippen LogP contribution in [0.5, 0.6) is 0 Å². The molecule has 0 aromatic rings. The van der Waals surface area contributed by atoms with Gasteiger partial charge in [0.1, 0.15) is 0 Å². The van der Waals surface area contributed by atoms with Crippen LogP contribution in [0, 0.1) is 17.8 Å². The van der Waals surface area contributed by atoms with E-state index in [0.717, 1.165) is 0 Å². The number of carboxylic acids is 2. The Hall–Kier alpha value is -1.32. The second-order valence-electron chi connectivity index (χ2n) is 3.33. The normalized spacial score (nSPS) is 32.8. The van der Waals surface area contributed by atoms with Gasteiger partial charge in [-0.15, -0.1) is 0 Å². The van der Waals surface area contributed by atoms with Gasteiger partial charge in [0.25, 0.3) is 0 Å². The molecule has 4 heteroatoms. The fraction of sp³-hybridized carbons (Fsp3) is 0.556. The molecule has 72 valence electrons. The lowest BCUT2D eigenvalue weighted by molar-refractivity contribution is -0.155. The summed E-state index contributed by atoms with van der Waals surface area (Å²) in [7, 11) is 0. The van der Waals surface area contributed by atoms with E-state index >= 15 is 0 Å². The first-order valence-corrected chi connectivity index (χ1v) is 4.16. The summed E-state index contributed by atoms with van der Waals surface area (Å²) in [5, 5.41) is 17.6. The molecule has 1 aliphatic carbocycles. The summed E-state index contributed by atoms with van der Waals surface area (Å²) in [6, 6.07) is 0. The Morgan fingerprint density at radius 1 is 1.31 bits per heavy atom. The van der Waals surface area contributed by atoms with Crippen molar-refractivity contribution in [1.82, 2.24) is 0 Å². The molecule has 0 saturated heterocycles. The first-order valence-electron chi connectivity index (χ1n) is 4.16. The Morgan fingerprint density at radius 3 is 2.31 bits per heavy atom. The number of rotatable bonds is 2. The van der Waals surface area contributed by atoms with E-state index < -0.39 is 23.8 Å². The summed E-state index contributed by atoms with van der Waals surface area (Å²) in [6.07, 6.45) is 3.82. The van der Waals surface area contributed by atoms with Gasteiger partial charge in [0.15, 0.2) is 0 Å². The van der Waals surface area contributed by atoms with Crippen LogP contribution in [-0.4, -0.2) is 22.2 Å². The molecule has 0 heterocycles. The molecule has 2 N–H and O–H groups in total. The number of allylic oxidation sites excluding steroid dienone is 2. The molecule has 0 aliphatic heterocycles. The van der Waals surface area contributed by atoms with Gasteiger partial charge >= 0.3 is 11.9 Å². The van der Waals surface area contributed by atoms with Gasteiger partial charge in [0.2, 0.25) is 0 Å². The number of aliphatic carboxylic acids is 2. The van der Waals surface area contributed by atoms with Gasteiger partial charge in [-0.3, -0.25) is 9.59 Å². The minimum atomic E-state index is -1.02. The maximum absolute atomic E-state index is 10.8. The van der Waals surface area contributed by atoms with Crippen molar-refractivity contribution in [1.29, 1.82) is 0 Å². The van der Waals surface area contributed by atoms with E-state index in [4.69, 9.17) is 10.2 Å². The lowest BCUT2D eigenvalue weighted by Gasteiger charge is -2.26. The standard InChI is InChI=1S/C9H12O4/c1-5-3-2-4-6(8(10)11)7(5)9(12)13/h2-3,5-7H,4H2,1H3,(H,10,11)(H,12,13)/t5-,6-,7-/m0/s1. The van der Waals surface area contributed by atoms with Crippen molar-refractivity contribution in [2.45, 2.75) is 13.3 Å². The highest BCUT2D eigenvalue weighted by molar-refractivity contribution is 5.81. The van der Waals surface area contributed by atoms with Gasteiger partial charge in [0.05, 0.1) is 11.8 Å². The van der Waals surface area contributed by atoms with Crippen molar-refractivity contribution in [3.63, 3.8) is 0 Å². The number of hydrogen-bond donors (Lipinski definition) is 2. The molecule has 0 amide bonds. The molecule has 3 atom stereocenters. The fourth-order valence-corrected chi connectivity index (χ4v) is 1.72. The zero-order valence-electron chi connectivity index (χ0n) is 7.30. The number of hydrogen-bond acceptors (Lipinski definition) is 2. The SMILES string of the molecule is C[C@H]1C=CC[C@H](C(=O)O)[C@H]1C(=O)O. The molecule has 4 nitrogen and oxygen atoms in total. The lowest BCUT2D eigenvalue weighted by Crippen LogP contribution is -2.35. The van der Waals surface area contributed by atoms with Crippen LogP contribution >= 0.6 is 0 Å². The summed E-state index contributed by atoms with van der Waals surface area (Å²) in [6.45, 7) is 1.73. The van der Waals surface area contributed by atoms with E-state index in [1.54, 1.807) is 19.1 Å². The second kappa shape index (κ2) is 3.60. The molecule has 13 heavy (non-hydrogen) atoms. The van der Waals surface area contributed by atoms with E-state index in [9.17, 15) is 9.59 Å². The highest BCUT2D eigenvalue weighted by Gasteiger charge is 2.37. The Balaban J connectivity index is 2.89. The minimum absolute atomic E-state index is 0.202. The highest BCUT2D eigenvalue weighted by atomic mass is 16.4. The average molecular weight is 184 g/mol. The van der Waals surface area contributed by atoms with Crippen LogP contribution in [0.3, 0.4) is 0 Å². The minimum Gasteiger partial charge on any atom is -0.481 e. The summed E-state index contributed by atoms with van der Waals surface area (Å²) in [5.74, 6) is -3.82. The topological polar surface area (TPSA) is 74.6 Å². The van der Waals surface area contributed by atoms with Crippen LogP contribution in [0.4, 0.5) is 0 Å². The third kappa shape index (κ3) is 1.88. The first kappa shape index (κ1) is 9.77. The van der Waals surface area contributed by atoms with Crippen molar-refractivity contribution >= 4 is 11.9 Å². The third-order valence-corrected chi connectivity index (χ3v) is 2.43. The molecule has 0 saturated carbocycles.